The first-order valence-electron chi connectivity index (χ1n) is 7.90. The molecular weight excluding hydrogens is 368 g/mol. The molecule has 7 nitrogen and oxygen atoms in total. The van der Waals surface area contributed by atoms with Gasteiger partial charge in [0.05, 0.1) is 7.11 Å². The van der Waals surface area contributed by atoms with Crippen molar-refractivity contribution in [2.45, 2.75) is 9.92 Å². The number of benzene rings is 1. The van der Waals surface area contributed by atoms with Crippen molar-refractivity contribution >= 4 is 46.5 Å². The molecule has 0 amide bonds. The Morgan fingerprint density at radius 3 is 2.23 bits per heavy atom. The molecule has 9 heteroatoms. The number of anilines is 3. The molecule has 1 N–H and O–H groups in total. The number of hydrogen-bond donors (Lipinski definition) is 1. The van der Waals surface area contributed by atoms with Crippen molar-refractivity contribution in [1.82, 2.24) is 15.0 Å². The van der Waals surface area contributed by atoms with E-state index in [1.54, 1.807) is 25.9 Å². The minimum atomic E-state index is 0.495. The molecule has 26 heavy (non-hydrogen) atoms. The quantitative estimate of drug-likeness (QED) is 0.454. The van der Waals surface area contributed by atoms with Gasteiger partial charge in [-0.25, -0.2) is 10.0 Å². The predicted octanol–water partition coefficient (Wildman–Crippen LogP) is 2.95. The van der Waals surface area contributed by atoms with Crippen molar-refractivity contribution in [3.8, 4) is 0 Å². The highest BCUT2D eigenvalue weighted by atomic mass is 32.2. The van der Waals surface area contributed by atoms with Crippen molar-refractivity contribution in [3.63, 3.8) is 0 Å². The second-order valence-corrected chi connectivity index (χ2v) is 7.37. The first kappa shape index (κ1) is 20.2. The fraction of sp³-hybridized carbons (Fsp3) is 0.353. The van der Waals surface area contributed by atoms with E-state index < -0.39 is 0 Å². The Bertz CT molecular complexity index is 725. The zero-order chi connectivity index (χ0) is 19.3. The Balaban J connectivity index is 2.14. The zero-order valence-electron chi connectivity index (χ0n) is 15.8. The lowest BCUT2D eigenvalue weighted by atomic mass is 10.3. The van der Waals surface area contributed by atoms with Crippen molar-refractivity contribution in [2.24, 2.45) is 0 Å². The highest BCUT2D eigenvalue weighted by Gasteiger charge is 2.10. The summed E-state index contributed by atoms with van der Waals surface area (Å²) in [6.07, 6.45) is 0. The van der Waals surface area contributed by atoms with Crippen molar-refractivity contribution in [3.05, 3.63) is 30.3 Å². The molecule has 1 aromatic carbocycles. The predicted molar refractivity (Wildman–Crippen MR) is 112 cm³/mol. The Hall–Kier alpha value is -2.10. The molecule has 140 valence electrons. The summed E-state index contributed by atoms with van der Waals surface area (Å²) in [5, 5.41) is 5.99. The molecule has 0 unspecified atom stereocenters. The van der Waals surface area contributed by atoms with Crippen molar-refractivity contribution in [2.75, 3.05) is 57.5 Å². The van der Waals surface area contributed by atoms with E-state index in [1.165, 1.54) is 5.06 Å². The van der Waals surface area contributed by atoms with E-state index in [2.05, 4.69) is 15.3 Å². The van der Waals surface area contributed by atoms with Crippen LogP contribution in [-0.4, -0.2) is 62.5 Å². The Morgan fingerprint density at radius 2 is 1.69 bits per heavy atom. The van der Waals surface area contributed by atoms with Crippen LogP contribution in [0.3, 0.4) is 0 Å². The summed E-state index contributed by atoms with van der Waals surface area (Å²) in [6, 6.07) is 9.97. The maximum atomic E-state index is 5.23. The minimum absolute atomic E-state index is 0.495. The van der Waals surface area contributed by atoms with Crippen LogP contribution in [0.4, 0.5) is 17.5 Å². The fourth-order valence-corrected chi connectivity index (χ4v) is 2.89. The Labute approximate surface area is 164 Å². The van der Waals surface area contributed by atoms with Gasteiger partial charge >= 0.3 is 0 Å². The molecule has 1 aromatic heterocycles. The monoisotopic (exact) mass is 392 g/mol. The van der Waals surface area contributed by atoms with Gasteiger partial charge in [0, 0.05) is 51.9 Å². The van der Waals surface area contributed by atoms with Crippen LogP contribution in [-0.2, 0) is 4.84 Å². The first-order chi connectivity index (χ1) is 12.3. The smallest absolute Gasteiger partial charge is 0.227 e. The summed E-state index contributed by atoms with van der Waals surface area (Å²) in [5.41, 5.74) is 0.897. The van der Waals surface area contributed by atoms with Gasteiger partial charge < -0.3 is 15.1 Å². The summed E-state index contributed by atoms with van der Waals surface area (Å²) in [5.74, 6) is 1.56. The third-order valence-electron chi connectivity index (χ3n) is 3.42. The zero-order valence-corrected chi connectivity index (χ0v) is 17.5. The fourth-order valence-electron chi connectivity index (χ4n) is 1.89. The average molecular weight is 393 g/mol. The summed E-state index contributed by atoms with van der Waals surface area (Å²) in [7, 11) is 11.1. The maximum absolute atomic E-state index is 5.23. The summed E-state index contributed by atoms with van der Waals surface area (Å²) >= 11 is 6.82. The van der Waals surface area contributed by atoms with E-state index >= 15 is 0 Å². The van der Waals surface area contributed by atoms with Crippen molar-refractivity contribution < 1.29 is 4.84 Å². The number of hydroxylamine groups is 2. The molecule has 0 atom stereocenters. The third kappa shape index (κ3) is 5.45. The summed E-state index contributed by atoms with van der Waals surface area (Å²) in [4.78, 5) is 19.1. The SMILES string of the molecule is CON(C)C(=S)Nc1ccc(Sc2cc(N(C)C)nc(N(C)C)n2)cc1. The molecule has 0 radical (unpaired) electrons. The molecule has 0 fully saturated rings. The number of nitrogens with one attached hydrogen (secondary N) is 1. The number of hydrogen-bond acceptors (Lipinski definition) is 7. The molecule has 1 heterocycles. The van der Waals surface area contributed by atoms with Crippen molar-refractivity contribution in [1.29, 1.82) is 0 Å². The standard InChI is InChI=1S/C17H24N6OS2/c1-21(2)14-11-15(20-16(19-14)22(3)4)26-13-9-7-12(8-10-13)18-17(25)23(5)24-6/h7-11H,1-6H3,(H,18,25). The molecule has 0 saturated heterocycles. The van der Waals surface area contributed by atoms with Gasteiger partial charge in [0.15, 0.2) is 5.11 Å². The normalized spacial score (nSPS) is 10.4. The van der Waals surface area contributed by atoms with Crippen LogP contribution >= 0.6 is 24.0 Å². The summed E-state index contributed by atoms with van der Waals surface area (Å²) in [6.45, 7) is 0. The summed E-state index contributed by atoms with van der Waals surface area (Å²) < 4.78 is 0. The van der Waals surface area contributed by atoms with Crippen LogP contribution in [0.2, 0.25) is 0 Å². The van der Waals surface area contributed by atoms with E-state index in [-0.39, 0.29) is 0 Å². The second kappa shape index (κ2) is 9.02. The molecular formula is C17H24N6OS2. The van der Waals surface area contributed by atoms with E-state index in [0.29, 0.717) is 11.1 Å². The lowest BCUT2D eigenvalue weighted by Gasteiger charge is -2.18. The Morgan fingerprint density at radius 1 is 1.04 bits per heavy atom. The highest BCUT2D eigenvalue weighted by molar-refractivity contribution is 7.99. The number of aromatic nitrogens is 2. The number of thiocarbonyl (C=S) groups is 1. The van der Waals surface area contributed by atoms with E-state index in [1.807, 2.05) is 68.3 Å². The molecule has 2 aromatic rings. The van der Waals surface area contributed by atoms with Crippen LogP contribution in [0, 0.1) is 0 Å². The van der Waals surface area contributed by atoms with Crippen LogP contribution in [0.15, 0.2) is 40.3 Å². The van der Waals surface area contributed by atoms with Crippen LogP contribution < -0.4 is 15.1 Å². The maximum Gasteiger partial charge on any atom is 0.227 e. The lowest BCUT2D eigenvalue weighted by molar-refractivity contribution is -0.0391. The molecule has 0 aliphatic carbocycles. The second-order valence-electron chi connectivity index (χ2n) is 5.89. The van der Waals surface area contributed by atoms with Gasteiger partial charge in [0.2, 0.25) is 5.95 Å². The number of nitrogens with zero attached hydrogens (tertiary/aromatic N) is 5. The molecule has 2 rings (SSSR count). The van der Waals surface area contributed by atoms with Crippen LogP contribution in [0.1, 0.15) is 0 Å². The van der Waals surface area contributed by atoms with Crippen LogP contribution in [0.25, 0.3) is 0 Å². The van der Waals surface area contributed by atoms with Gasteiger partial charge in [-0.2, -0.15) is 4.98 Å². The lowest BCUT2D eigenvalue weighted by Crippen LogP contribution is -2.29. The van der Waals surface area contributed by atoms with E-state index in [4.69, 9.17) is 17.1 Å². The molecule has 0 spiro atoms. The van der Waals surface area contributed by atoms with Gasteiger partial charge in [-0.15, -0.1) is 0 Å². The van der Waals surface area contributed by atoms with Gasteiger partial charge in [0.1, 0.15) is 10.8 Å². The number of rotatable bonds is 6. The topological polar surface area (TPSA) is 56.8 Å². The van der Waals surface area contributed by atoms with E-state index in [0.717, 1.165) is 21.4 Å². The van der Waals surface area contributed by atoms with Crippen LogP contribution in [0.5, 0.6) is 0 Å². The van der Waals surface area contributed by atoms with Gasteiger partial charge in [0.25, 0.3) is 0 Å². The average Bonchev–Trinajstić information content (AvgIpc) is 2.62. The largest absolute Gasteiger partial charge is 0.363 e. The van der Waals surface area contributed by atoms with Gasteiger partial charge in [-0.3, -0.25) is 4.84 Å². The molecule has 0 aliphatic heterocycles. The highest BCUT2D eigenvalue weighted by Crippen LogP contribution is 2.30. The molecule has 0 aliphatic rings. The molecule has 0 bridgehead atoms. The Kier molecular flexibility index (Phi) is 7.01. The minimum Gasteiger partial charge on any atom is -0.363 e. The third-order valence-corrected chi connectivity index (χ3v) is 4.71. The first-order valence-corrected chi connectivity index (χ1v) is 9.13. The molecule has 0 saturated carbocycles. The van der Waals surface area contributed by atoms with E-state index in [9.17, 15) is 0 Å². The van der Waals surface area contributed by atoms with Gasteiger partial charge in [-0.1, -0.05) is 11.8 Å². The van der Waals surface area contributed by atoms with Gasteiger partial charge in [-0.05, 0) is 36.5 Å².